The molecule has 0 spiro atoms. The number of nitrogens with one attached hydrogen (secondary N) is 1. The van der Waals surface area contributed by atoms with Crippen LogP contribution in [0, 0.1) is 0 Å². The van der Waals surface area contributed by atoms with Gasteiger partial charge in [0, 0.05) is 23.3 Å². The van der Waals surface area contributed by atoms with Crippen molar-refractivity contribution in [2.24, 2.45) is 0 Å². The van der Waals surface area contributed by atoms with E-state index >= 15 is 0 Å². The Kier molecular flexibility index (Phi) is 5.17. The number of aliphatic hydroxyl groups excluding tert-OH is 1. The molecule has 0 bridgehead atoms. The molecular formula is C22H22N2O6. The molecule has 8 nitrogen and oxygen atoms in total. The van der Waals surface area contributed by atoms with Gasteiger partial charge in [-0.05, 0) is 37.1 Å². The number of carbonyl (C=O) groups excluding carboxylic acids is 2. The van der Waals surface area contributed by atoms with E-state index in [1.54, 1.807) is 24.3 Å². The molecule has 1 aliphatic carbocycles. The summed E-state index contributed by atoms with van der Waals surface area (Å²) in [5, 5.41) is 13.7. The maximum absolute atomic E-state index is 12.7. The van der Waals surface area contributed by atoms with Crippen LogP contribution in [0.2, 0.25) is 0 Å². The minimum absolute atomic E-state index is 0.152. The normalized spacial score (nSPS) is 18.2. The summed E-state index contributed by atoms with van der Waals surface area (Å²) in [5.74, 6) is 0.800. The lowest BCUT2D eigenvalue weighted by molar-refractivity contribution is -0.117. The van der Waals surface area contributed by atoms with Crippen molar-refractivity contribution in [2.75, 3.05) is 21.3 Å². The summed E-state index contributed by atoms with van der Waals surface area (Å²) in [6.07, 6.45) is 0.250. The zero-order valence-electron chi connectivity index (χ0n) is 16.9. The first-order chi connectivity index (χ1) is 14.5. The van der Waals surface area contributed by atoms with E-state index in [1.165, 1.54) is 21.3 Å². The number of fused-ring (bicyclic) bond motifs is 1. The van der Waals surface area contributed by atoms with Crippen LogP contribution in [0.1, 0.15) is 41.4 Å². The fraction of sp³-hybridized carbons (Fsp3) is 0.318. The molecule has 1 aromatic heterocycles. The van der Waals surface area contributed by atoms with E-state index in [4.69, 9.17) is 14.2 Å². The zero-order chi connectivity index (χ0) is 21.4. The van der Waals surface area contributed by atoms with Crippen LogP contribution in [-0.2, 0) is 4.79 Å². The average molecular weight is 410 g/mol. The maximum atomic E-state index is 12.7. The van der Waals surface area contributed by atoms with Gasteiger partial charge in [0.1, 0.15) is 6.10 Å². The Bertz CT molecular complexity index is 1050. The summed E-state index contributed by atoms with van der Waals surface area (Å²) in [7, 11) is 4.55. The third-order valence-corrected chi connectivity index (χ3v) is 5.38. The summed E-state index contributed by atoms with van der Waals surface area (Å²) in [4.78, 5) is 29.7. The second-order valence-corrected chi connectivity index (χ2v) is 7.07. The molecule has 1 aliphatic heterocycles. The monoisotopic (exact) mass is 410 g/mol. The highest BCUT2D eigenvalue weighted by atomic mass is 16.5. The van der Waals surface area contributed by atoms with E-state index in [1.807, 2.05) is 0 Å². The number of hydrogen-bond donors (Lipinski definition) is 2. The van der Waals surface area contributed by atoms with Crippen LogP contribution in [0.25, 0.3) is 11.3 Å². The number of ketones is 1. The number of aromatic nitrogens is 1. The van der Waals surface area contributed by atoms with Crippen molar-refractivity contribution in [2.45, 2.75) is 25.4 Å². The topological polar surface area (TPSA) is 107 Å². The van der Waals surface area contributed by atoms with Crippen molar-refractivity contribution in [3.05, 3.63) is 46.8 Å². The quantitative estimate of drug-likeness (QED) is 0.798. The molecule has 2 N–H and O–H groups in total. The van der Waals surface area contributed by atoms with Crippen molar-refractivity contribution in [1.82, 2.24) is 10.3 Å². The van der Waals surface area contributed by atoms with Crippen molar-refractivity contribution in [3.8, 4) is 28.5 Å². The van der Waals surface area contributed by atoms with Gasteiger partial charge in [-0.15, -0.1) is 0 Å². The number of allylic oxidation sites excluding steroid dienone is 1. The lowest BCUT2D eigenvalue weighted by atomic mass is 9.90. The van der Waals surface area contributed by atoms with E-state index in [2.05, 4.69) is 10.3 Å². The van der Waals surface area contributed by atoms with Crippen LogP contribution in [0.4, 0.5) is 0 Å². The van der Waals surface area contributed by atoms with E-state index < -0.39 is 6.10 Å². The minimum atomic E-state index is -1.27. The zero-order valence-corrected chi connectivity index (χ0v) is 16.9. The molecular weight excluding hydrogens is 388 g/mol. The molecule has 156 valence electrons. The number of benzene rings is 1. The second kappa shape index (κ2) is 7.79. The Balaban J connectivity index is 1.86. The molecule has 0 radical (unpaired) electrons. The molecule has 4 rings (SSSR count). The van der Waals surface area contributed by atoms with E-state index in [0.29, 0.717) is 53.5 Å². The van der Waals surface area contributed by atoms with Gasteiger partial charge in [0.15, 0.2) is 17.3 Å². The number of ether oxygens (including phenoxy) is 3. The Hall–Kier alpha value is -3.39. The summed E-state index contributed by atoms with van der Waals surface area (Å²) >= 11 is 0. The number of methoxy groups -OCH3 is 3. The summed E-state index contributed by atoms with van der Waals surface area (Å²) in [5.41, 5.74) is 2.24. The van der Waals surface area contributed by atoms with Crippen molar-refractivity contribution < 1.29 is 28.9 Å². The molecule has 2 aliphatic rings. The average Bonchev–Trinajstić information content (AvgIpc) is 2.87. The predicted molar refractivity (Wildman–Crippen MR) is 108 cm³/mol. The molecule has 30 heavy (non-hydrogen) atoms. The highest BCUT2D eigenvalue weighted by molar-refractivity contribution is 6.03. The fourth-order valence-corrected chi connectivity index (χ4v) is 3.92. The van der Waals surface area contributed by atoms with Gasteiger partial charge in [0.25, 0.3) is 5.91 Å². The number of amides is 1. The maximum Gasteiger partial charge on any atom is 0.257 e. The van der Waals surface area contributed by atoms with Gasteiger partial charge in [-0.25, -0.2) is 4.98 Å². The van der Waals surface area contributed by atoms with Crippen LogP contribution < -0.4 is 19.5 Å². The first-order valence-electron chi connectivity index (χ1n) is 9.55. The van der Waals surface area contributed by atoms with E-state index in [9.17, 15) is 14.7 Å². The van der Waals surface area contributed by atoms with Gasteiger partial charge in [-0.3, -0.25) is 9.59 Å². The molecule has 1 unspecified atom stereocenters. The summed E-state index contributed by atoms with van der Waals surface area (Å²) in [6.45, 7) is 0. The fourth-order valence-electron chi connectivity index (χ4n) is 3.92. The minimum Gasteiger partial charge on any atom is -0.493 e. The lowest BCUT2D eigenvalue weighted by Crippen LogP contribution is -2.26. The predicted octanol–water partition coefficient (Wildman–Crippen LogP) is 2.56. The van der Waals surface area contributed by atoms with Gasteiger partial charge in [0.2, 0.25) is 5.75 Å². The molecule has 2 heterocycles. The third kappa shape index (κ3) is 3.19. The Labute approximate surface area is 173 Å². The highest BCUT2D eigenvalue weighted by Gasteiger charge is 2.35. The van der Waals surface area contributed by atoms with Crippen molar-refractivity contribution in [1.29, 1.82) is 0 Å². The Morgan fingerprint density at radius 2 is 1.73 bits per heavy atom. The number of pyridine rings is 1. The first-order valence-corrected chi connectivity index (χ1v) is 9.55. The SMILES string of the molecule is COc1cc(-c2ccc3c(n2)C(O)C2=C(CCCC2=O)NC3=O)cc(OC)c1OC. The van der Waals surface area contributed by atoms with Crippen molar-refractivity contribution >= 4 is 11.7 Å². The standard InChI is InChI=1S/C22H22N2O6/c1-28-16-9-11(10-17(29-2)21(16)30-3)13-8-7-12-19(23-13)20(26)18-14(24-22(12)27)5-4-6-15(18)25/h7-10,20,26H,4-6H2,1-3H3,(H,24,27). The Morgan fingerprint density at radius 3 is 2.37 bits per heavy atom. The van der Waals surface area contributed by atoms with Crippen LogP contribution in [0.15, 0.2) is 35.5 Å². The number of carbonyl (C=O) groups is 2. The third-order valence-electron chi connectivity index (χ3n) is 5.38. The molecule has 1 amide bonds. The number of rotatable bonds is 4. The molecule has 0 saturated carbocycles. The van der Waals surface area contributed by atoms with Gasteiger partial charge in [0.05, 0.1) is 38.3 Å². The largest absolute Gasteiger partial charge is 0.493 e. The number of hydrogen-bond acceptors (Lipinski definition) is 7. The summed E-state index contributed by atoms with van der Waals surface area (Å²) in [6, 6.07) is 6.74. The van der Waals surface area contributed by atoms with Crippen LogP contribution in [0.3, 0.4) is 0 Å². The highest BCUT2D eigenvalue weighted by Crippen LogP contribution is 2.41. The number of aliphatic hydroxyl groups is 1. The molecule has 1 aromatic carbocycles. The molecule has 0 fully saturated rings. The van der Waals surface area contributed by atoms with Crippen LogP contribution in [-0.4, -0.2) is 43.1 Å². The first kappa shape index (κ1) is 19.9. The van der Waals surface area contributed by atoms with Crippen LogP contribution >= 0.6 is 0 Å². The van der Waals surface area contributed by atoms with Gasteiger partial charge < -0.3 is 24.6 Å². The smallest absolute Gasteiger partial charge is 0.257 e. The molecule has 0 saturated heterocycles. The van der Waals surface area contributed by atoms with Gasteiger partial charge in [-0.2, -0.15) is 0 Å². The van der Waals surface area contributed by atoms with Gasteiger partial charge >= 0.3 is 0 Å². The van der Waals surface area contributed by atoms with Crippen molar-refractivity contribution in [3.63, 3.8) is 0 Å². The molecule has 8 heteroatoms. The van der Waals surface area contributed by atoms with Gasteiger partial charge in [-0.1, -0.05) is 0 Å². The molecule has 2 aromatic rings. The van der Waals surface area contributed by atoms with Crippen LogP contribution in [0.5, 0.6) is 17.2 Å². The Morgan fingerprint density at radius 1 is 1.03 bits per heavy atom. The summed E-state index contributed by atoms with van der Waals surface area (Å²) < 4.78 is 16.1. The number of Topliss-reactive ketones (excluding diaryl/α,β-unsaturated/α-hetero) is 1. The van der Waals surface area contributed by atoms with E-state index in [0.717, 1.165) is 0 Å². The lowest BCUT2D eigenvalue weighted by Gasteiger charge is -2.20. The van der Waals surface area contributed by atoms with E-state index in [-0.39, 0.29) is 28.5 Å². The number of nitrogens with zero attached hydrogens (tertiary/aromatic N) is 1. The second-order valence-electron chi connectivity index (χ2n) is 7.07. The molecule has 1 atom stereocenters.